The van der Waals surface area contributed by atoms with Crippen molar-refractivity contribution in [1.29, 1.82) is 0 Å². The number of aryl methyl sites for hydroxylation is 2. The lowest BCUT2D eigenvalue weighted by atomic mass is 10.0. The molecule has 1 aromatic carbocycles. The first kappa shape index (κ1) is 13.4. The highest BCUT2D eigenvalue weighted by molar-refractivity contribution is 7.80. The summed E-state index contributed by atoms with van der Waals surface area (Å²) in [5, 5.41) is 3.41. The Labute approximate surface area is 104 Å². The van der Waals surface area contributed by atoms with Crippen LogP contribution < -0.4 is 10.1 Å². The summed E-state index contributed by atoms with van der Waals surface area (Å²) in [6.07, 6.45) is 1.09. The average Bonchev–Trinajstić information content (AvgIpc) is 2.26. The van der Waals surface area contributed by atoms with Gasteiger partial charge in [-0.3, -0.25) is 0 Å². The third-order valence-corrected chi connectivity index (χ3v) is 2.93. The summed E-state index contributed by atoms with van der Waals surface area (Å²) in [5.41, 5.74) is 3.79. The molecule has 0 bridgehead atoms. The van der Waals surface area contributed by atoms with Gasteiger partial charge in [-0.2, -0.15) is 12.6 Å². The van der Waals surface area contributed by atoms with Crippen molar-refractivity contribution < 1.29 is 4.74 Å². The zero-order valence-electron chi connectivity index (χ0n) is 10.3. The van der Waals surface area contributed by atoms with Gasteiger partial charge in [-0.05, 0) is 49.8 Å². The van der Waals surface area contributed by atoms with E-state index >= 15 is 0 Å². The van der Waals surface area contributed by atoms with Gasteiger partial charge in [-0.15, -0.1) is 0 Å². The number of hydrogen-bond donors (Lipinski definition) is 2. The van der Waals surface area contributed by atoms with Gasteiger partial charge in [0.1, 0.15) is 5.75 Å². The normalized spacial score (nSPS) is 10.5. The lowest BCUT2D eigenvalue weighted by Crippen LogP contribution is -2.16. The fourth-order valence-electron chi connectivity index (χ4n) is 1.78. The van der Waals surface area contributed by atoms with Crippen molar-refractivity contribution in [2.75, 3.05) is 19.4 Å². The van der Waals surface area contributed by atoms with Crippen LogP contribution in [-0.4, -0.2) is 19.4 Å². The predicted octanol–water partition coefficient (Wildman–Crippen LogP) is 2.72. The van der Waals surface area contributed by atoms with E-state index in [0.717, 1.165) is 31.0 Å². The molecule has 0 fully saturated rings. The first-order valence-electron chi connectivity index (χ1n) is 5.64. The number of nitrogens with one attached hydrogen (secondary N) is 1. The molecule has 0 aromatic heterocycles. The molecule has 0 saturated heterocycles. The van der Waals surface area contributed by atoms with Crippen LogP contribution in [0.15, 0.2) is 12.1 Å². The van der Waals surface area contributed by atoms with Crippen molar-refractivity contribution in [2.45, 2.75) is 26.8 Å². The highest BCUT2D eigenvalue weighted by Gasteiger charge is 2.06. The zero-order valence-corrected chi connectivity index (χ0v) is 11.2. The highest BCUT2D eigenvalue weighted by atomic mass is 32.1. The molecule has 0 atom stereocenters. The molecular weight excluding hydrogens is 218 g/mol. The first-order chi connectivity index (χ1) is 7.69. The lowest BCUT2D eigenvalue weighted by Gasteiger charge is -2.13. The standard InChI is InChI=1S/C13H21NOS/c1-10-7-11(2)12(13(8-10)15-3)9-14-5-4-6-16/h7-8,14,16H,4-6,9H2,1-3H3. The van der Waals surface area contributed by atoms with Gasteiger partial charge in [-0.25, -0.2) is 0 Å². The fraction of sp³-hybridized carbons (Fsp3) is 0.538. The van der Waals surface area contributed by atoms with E-state index in [1.165, 1.54) is 16.7 Å². The van der Waals surface area contributed by atoms with E-state index in [4.69, 9.17) is 4.74 Å². The molecule has 0 spiro atoms. The van der Waals surface area contributed by atoms with E-state index in [-0.39, 0.29) is 0 Å². The molecule has 0 aliphatic carbocycles. The van der Waals surface area contributed by atoms with Crippen LogP contribution in [0.25, 0.3) is 0 Å². The lowest BCUT2D eigenvalue weighted by molar-refractivity contribution is 0.407. The van der Waals surface area contributed by atoms with Gasteiger partial charge in [0.05, 0.1) is 7.11 Å². The number of methoxy groups -OCH3 is 1. The molecule has 90 valence electrons. The van der Waals surface area contributed by atoms with Gasteiger partial charge in [0, 0.05) is 12.1 Å². The second-order valence-electron chi connectivity index (χ2n) is 4.02. The largest absolute Gasteiger partial charge is 0.496 e. The molecule has 0 aliphatic rings. The van der Waals surface area contributed by atoms with Crippen molar-refractivity contribution in [3.63, 3.8) is 0 Å². The summed E-state index contributed by atoms with van der Waals surface area (Å²) in [6, 6.07) is 4.28. The van der Waals surface area contributed by atoms with Crippen LogP contribution >= 0.6 is 12.6 Å². The van der Waals surface area contributed by atoms with E-state index in [1.807, 2.05) is 0 Å². The minimum absolute atomic E-state index is 0.864. The van der Waals surface area contributed by atoms with E-state index in [0.29, 0.717) is 0 Å². The predicted molar refractivity (Wildman–Crippen MR) is 72.6 cm³/mol. The van der Waals surface area contributed by atoms with Crippen LogP contribution in [-0.2, 0) is 6.54 Å². The molecule has 1 rings (SSSR count). The van der Waals surface area contributed by atoms with E-state index in [9.17, 15) is 0 Å². The quantitative estimate of drug-likeness (QED) is 0.588. The molecule has 2 nitrogen and oxygen atoms in total. The number of thiol groups is 1. The van der Waals surface area contributed by atoms with Crippen LogP contribution in [0.3, 0.4) is 0 Å². The Morgan fingerprint density at radius 2 is 2.06 bits per heavy atom. The summed E-state index contributed by atoms with van der Waals surface area (Å²) >= 11 is 4.19. The zero-order chi connectivity index (χ0) is 12.0. The Balaban J connectivity index is 2.70. The summed E-state index contributed by atoms with van der Waals surface area (Å²) in [7, 11) is 1.73. The molecule has 0 aliphatic heterocycles. The monoisotopic (exact) mass is 239 g/mol. The smallest absolute Gasteiger partial charge is 0.123 e. The second kappa shape index (κ2) is 6.81. The molecular formula is C13H21NOS. The van der Waals surface area contributed by atoms with Crippen LogP contribution in [0.2, 0.25) is 0 Å². The van der Waals surface area contributed by atoms with E-state index in [2.05, 4.69) is 43.9 Å². The van der Waals surface area contributed by atoms with E-state index < -0.39 is 0 Å². The Morgan fingerprint density at radius 3 is 2.69 bits per heavy atom. The van der Waals surface area contributed by atoms with Crippen molar-refractivity contribution in [2.24, 2.45) is 0 Å². The van der Waals surface area contributed by atoms with Crippen molar-refractivity contribution >= 4 is 12.6 Å². The van der Waals surface area contributed by atoms with Gasteiger partial charge in [0.2, 0.25) is 0 Å². The summed E-state index contributed by atoms with van der Waals surface area (Å²) in [5.74, 6) is 1.91. The topological polar surface area (TPSA) is 21.3 Å². The molecule has 0 amide bonds. The summed E-state index contributed by atoms with van der Waals surface area (Å²) < 4.78 is 5.41. The van der Waals surface area contributed by atoms with Gasteiger partial charge in [0.25, 0.3) is 0 Å². The van der Waals surface area contributed by atoms with Crippen LogP contribution in [0.5, 0.6) is 5.75 Å². The minimum atomic E-state index is 0.864. The van der Waals surface area contributed by atoms with Crippen LogP contribution in [0.1, 0.15) is 23.1 Å². The molecule has 0 unspecified atom stereocenters. The summed E-state index contributed by atoms with van der Waals surface area (Å²) in [6.45, 7) is 6.09. The Morgan fingerprint density at radius 1 is 1.31 bits per heavy atom. The summed E-state index contributed by atoms with van der Waals surface area (Å²) in [4.78, 5) is 0. The molecule has 0 heterocycles. The Kier molecular flexibility index (Phi) is 5.71. The maximum atomic E-state index is 5.41. The number of hydrogen-bond acceptors (Lipinski definition) is 3. The van der Waals surface area contributed by atoms with Crippen molar-refractivity contribution in [3.05, 3.63) is 28.8 Å². The van der Waals surface area contributed by atoms with Gasteiger partial charge < -0.3 is 10.1 Å². The van der Waals surface area contributed by atoms with Crippen LogP contribution in [0, 0.1) is 13.8 Å². The fourth-order valence-corrected chi connectivity index (χ4v) is 1.94. The molecule has 16 heavy (non-hydrogen) atoms. The molecule has 1 N–H and O–H groups in total. The molecule has 1 aromatic rings. The maximum absolute atomic E-state index is 5.41. The highest BCUT2D eigenvalue weighted by Crippen LogP contribution is 2.23. The Bertz CT molecular complexity index is 339. The Hall–Kier alpha value is -0.670. The molecule has 0 radical (unpaired) electrons. The maximum Gasteiger partial charge on any atom is 0.123 e. The molecule has 0 saturated carbocycles. The van der Waals surface area contributed by atoms with Crippen molar-refractivity contribution in [1.82, 2.24) is 5.32 Å². The van der Waals surface area contributed by atoms with Gasteiger partial charge in [-0.1, -0.05) is 6.07 Å². The van der Waals surface area contributed by atoms with Gasteiger partial charge in [0.15, 0.2) is 0 Å². The molecule has 3 heteroatoms. The average molecular weight is 239 g/mol. The van der Waals surface area contributed by atoms with Crippen molar-refractivity contribution in [3.8, 4) is 5.75 Å². The second-order valence-corrected chi connectivity index (χ2v) is 4.46. The SMILES string of the molecule is COc1cc(C)cc(C)c1CNCCCS. The number of benzene rings is 1. The van der Waals surface area contributed by atoms with Crippen LogP contribution in [0.4, 0.5) is 0 Å². The van der Waals surface area contributed by atoms with Gasteiger partial charge >= 0.3 is 0 Å². The minimum Gasteiger partial charge on any atom is -0.496 e. The van der Waals surface area contributed by atoms with E-state index in [1.54, 1.807) is 7.11 Å². The number of rotatable bonds is 6. The third-order valence-electron chi connectivity index (χ3n) is 2.61. The third kappa shape index (κ3) is 3.72. The first-order valence-corrected chi connectivity index (χ1v) is 6.28. The number of ether oxygens (including phenoxy) is 1.